The number of hydrogen-bond donors (Lipinski definition) is 1. The summed E-state index contributed by atoms with van der Waals surface area (Å²) in [4.78, 5) is 0. The maximum absolute atomic E-state index is 12.5. The van der Waals surface area contributed by atoms with Gasteiger partial charge in [0.05, 0.1) is 0 Å². The van der Waals surface area contributed by atoms with Crippen molar-refractivity contribution in [1.82, 2.24) is 9.62 Å². The zero-order chi connectivity index (χ0) is 12.3. The molecule has 1 aromatic rings. The van der Waals surface area contributed by atoms with Gasteiger partial charge < -0.3 is 5.32 Å². The van der Waals surface area contributed by atoms with E-state index in [0.29, 0.717) is 10.8 Å². The van der Waals surface area contributed by atoms with Crippen molar-refractivity contribution in [2.75, 3.05) is 19.6 Å². The predicted octanol–water partition coefficient (Wildman–Crippen LogP) is 1.51. The zero-order valence-corrected chi connectivity index (χ0v) is 11.6. The Bertz CT molecular complexity index is 436. The molecule has 17 heavy (non-hydrogen) atoms. The summed E-state index contributed by atoms with van der Waals surface area (Å²) >= 11 is 1.29. The second-order valence-electron chi connectivity index (χ2n) is 4.19. The molecule has 0 amide bonds. The van der Waals surface area contributed by atoms with E-state index < -0.39 is 10.0 Å². The summed E-state index contributed by atoms with van der Waals surface area (Å²) in [5.41, 5.74) is 0. The molecule has 0 unspecified atom stereocenters. The lowest BCUT2D eigenvalue weighted by molar-refractivity contribution is 0.336. The fourth-order valence-corrected chi connectivity index (χ4v) is 5.00. The molecular formula is C11H18N2O2S2. The molecule has 1 saturated heterocycles. The van der Waals surface area contributed by atoms with Crippen molar-refractivity contribution in [2.45, 2.75) is 30.0 Å². The van der Waals surface area contributed by atoms with Gasteiger partial charge in [0.2, 0.25) is 0 Å². The second-order valence-corrected chi connectivity index (χ2v) is 7.26. The lowest BCUT2D eigenvalue weighted by Gasteiger charge is -2.26. The normalized spacial score (nSPS) is 21.2. The molecule has 1 aliphatic rings. The molecule has 1 aliphatic heterocycles. The lowest BCUT2D eigenvalue weighted by Crippen LogP contribution is -2.41. The van der Waals surface area contributed by atoms with E-state index in [1.54, 1.807) is 16.4 Å². The van der Waals surface area contributed by atoms with Gasteiger partial charge in [0.15, 0.2) is 0 Å². The molecule has 2 rings (SSSR count). The molecule has 0 radical (unpaired) electrons. The monoisotopic (exact) mass is 274 g/mol. The van der Waals surface area contributed by atoms with Crippen LogP contribution >= 0.6 is 11.3 Å². The predicted molar refractivity (Wildman–Crippen MR) is 69.8 cm³/mol. The van der Waals surface area contributed by atoms with Crippen molar-refractivity contribution in [3.05, 3.63) is 17.5 Å². The van der Waals surface area contributed by atoms with E-state index in [1.165, 1.54) is 11.3 Å². The van der Waals surface area contributed by atoms with Crippen molar-refractivity contribution in [1.29, 1.82) is 0 Å². The summed E-state index contributed by atoms with van der Waals surface area (Å²) in [6.07, 6.45) is 1.76. The molecule has 0 bridgehead atoms. The molecule has 1 fully saturated rings. The van der Waals surface area contributed by atoms with Crippen LogP contribution in [0.15, 0.2) is 21.7 Å². The Labute approximate surface area is 107 Å². The fraction of sp³-hybridized carbons (Fsp3) is 0.636. The number of hydrogen-bond acceptors (Lipinski definition) is 4. The Kier molecular flexibility index (Phi) is 4.19. The van der Waals surface area contributed by atoms with Gasteiger partial charge in [-0.2, -0.15) is 4.31 Å². The standard InChI is InChI=1S/C11H18N2O2S2/c1-2-7-13(10-5-6-12-9-10)17(14,15)11-4-3-8-16-11/h3-4,8,10,12H,2,5-7,9H2,1H3/t10-/m0/s1. The van der Waals surface area contributed by atoms with E-state index >= 15 is 0 Å². The SMILES string of the molecule is CCCN([C@H]1CCNC1)S(=O)(=O)c1cccs1. The van der Waals surface area contributed by atoms with Crippen molar-refractivity contribution < 1.29 is 8.42 Å². The molecule has 0 saturated carbocycles. The number of rotatable bonds is 5. The summed E-state index contributed by atoms with van der Waals surface area (Å²) in [5.74, 6) is 0. The van der Waals surface area contributed by atoms with Gasteiger partial charge in [-0.25, -0.2) is 8.42 Å². The third kappa shape index (κ3) is 2.70. The number of sulfonamides is 1. The van der Waals surface area contributed by atoms with Gasteiger partial charge >= 0.3 is 0 Å². The van der Waals surface area contributed by atoms with E-state index in [1.807, 2.05) is 12.3 Å². The summed E-state index contributed by atoms with van der Waals surface area (Å²) in [5, 5.41) is 5.04. The van der Waals surface area contributed by atoms with E-state index in [2.05, 4.69) is 5.32 Å². The van der Waals surface area contributed by atoms with Crippen LogP contribution in [-0.2, 0) is 10.0 Å². The summed E-state index contributed by atoms with van der Waals surface area (Å²) in [6, 6.07) is 3.58. The average Bonchev–Trinajstić information content (AvgIpc) is 2.97. The topological polar surface area (TPSA) is 49.4 Å². The molecule has 1 aromatic heterocycles. The van der Waals surface area contributed by atoms with E-state index in [4.69, 9.17) is 0 Å². The maximum atomic E-state index is 12.5. The molecular weight excluding hydrogens is 256 g/mol. The first-order valence-corrected chi connectivity index (χ1v) is 8.24. The Balaban J connectivity index is 2.26. The zero-order valence-electron chi connectivity index (χ0n) is 9.93. The molecule has 4 nitrogen and oxygen atoms in total. The molecule has 1 atom stereocenters. The minimum Gasteiger partial charge on any atom is -0.315 e. The van der Waals surface area contributed by atoms with E-state index in [-0.39, 0.29) is 6.04 Å². The molecule has 6 heteroatoms. The Morgan fingerprint density at radius 1 is 1.59 bits per heavy atom. The minimum absolute atomic E-state index is 0.113. The van der Waals surface area contributed by atoms with Crippen LogP contribution in [0.25, 0.3) is 0 Å². The van der Waals surface area contributed by atoms with Crippen molar-refractivity contribution in [3.63, 3.8) is 0 Å². The maximum Gasteiger partial charge on any atom is 0.252 e. The number of nitrogens with zero attached hydrogens (tertiary/aromatic N) is 1. The van der Waals surface area contributed by atoms with Crippen LogP contribution in [0.4, 0.5) is 0 Å². The van der Waals surface area contributed by atoms with Crippen molar-refractivity contribution in [3.8, 4) is 0 Å². The molecule has 2 heterocycles. The Morgan fingerprint density at radius 2 is 2.41 bits per heavy atom. The third-order valence-electron chi connectivity index (χ3n) is 2.94. The quantitative estimate of drug-likeness (QED) is 0.885. The molecule has 0 spiro atoms. The highest BCUT2D eigenvalue weighted by atomic mass is 32.2. The van der Waals surface area contributed by atoms with Crippen LogP contribution in [0.5, 0.6) is 0 Å². The highest BCUT2D eigenvalue weighted by molar-refractivity contribution is 7.91. The first-order chi connectivity index (χ1) is 8.16. The van der Waals surface area contributed by atoms with Gasteiger partial charge in [-0.1, -0.05) is 13.0 Å². The summed E-state index contributed by atoms with van der Waals surface area (Å²) in [6.45, 7) is 4.29. The van der Waals surface area contributed by atoms with Crippen LogP contribution in [0, 0.1) is 0 Å². The van der Waals surface area contributed by atoms with Crippen LogP contribution in [0.3, 0.4) is 0 Å². The molecule has 0 aromatic carbocycles. The largest absolute Gasteiger partial charge is 0.315 e. The van der Waals surface area contributed by atoms with Gasteiger partial charge in [-0.05, 0) is 30.8 Å². The highest BCUT2D eigenvalue weighted by Gasteiger charge is 2.32. The Hall–Kier alpha value is -0.430. The molecule has 96 valence electrons. The lowest BCUT2D eigenvalue weighted by atomic mass is 10.2. The molecule has 1 N–H and O–H groups in total. The first-order valence-electron chi connectivity index (χ1n) is 5.92. The minimum atomic E-state index is -3.29. The van der Waals surface area contributed by atoms with Gasteiger partial charge in [0.25, 0.3) is 10.0 Å². The summed E-state index contributed by atoms with van der Waals surface area (Å²) < 4.78 is 27.1. The van der Waals surface area contributed by atoms with Gasteiger partial charge in [0, 0.05) is 19.1 Å². The molecule has 0 aliphatic carbocycles. The van der Waals surface area contributed by atoms with E-state index in [0.717, 1.165) is 25.9 Å². The van der Waals surface area contributed by atoms with E-state index in [9.17, 15) is 8.42 Å². The van der Waals surface area contributed by atoms with Gasteiger partial charge in [-0.15, -0.1) is 11.3 Å². The Morgan fingerprint density at radius 3 is 2.94 bits per heavy atom. The summed E-state index contributed by atoms with van der Waals surface area (Å²) in [7, 11) is -3.29. The van der Waals surface area contributed by atoms with Crippen molar-refractivity contribution in [2.24, 2.45) is 0 Å². The smallest absolute Gasteiger partial charge is 0.252 e. The van der Waals surface area contributed by atoms with Gasteiger partial charge in [-0.3, -0.25) is 0 Å². The van der Waals surface area contributed by atoms with Crippen LogP contribution in [-0.4, -0.2) is 38.4 Å². The second kappa shape index (κ2) is 5.48. The fourth-order valence-electron chi connectivity index (χ4n) is 2.13. The highest BCUT2D eigenvalue weighted by Crippen LogP contribution is 2.24. The average molecular weight is 274 g/mol. The number of nitrogens with one attached hydrogen (secondary N) is 1. The first kappa shape index (κ1) is 13.0. The van der Waals surface area contributed by atoms with Crippen LogP contribution in [0.2, 0.25) is 0 Å². The third-order valence-corrected chi connectivity index (χ3v) is 6.27. The van der Waals surface area contributed by atoms with Crippen molar-refractivity contribution >= 4 is 21.4 Å². The van der Waals surface area contributed by atoms with Crippen LogP contribution < -0.4 is 5.32 Å². The van der Waals surface area contributed by atoms with Crippen LogP contribution in [0.1, 0.15) is 19.8 Å². The number of thiophene rings is 1. The van der Waals surface area contributed by atoms with Gasteiger partial charge in [0.1, 0.15) is 4.21 Å².